The summed E-state index contributed by atoms with van der Waals surface area (Å²) in [5.41, 5.74) is 3.67. The number of thioether (sulfide) groups is 2. The van der Waals surface area contributed by atoms with Gasteiger partial charge < -0.3 is 4.74 Å². The second kappa shape index (κ2) is 8.19. The van der Waals surface area contributed by atoms with Crippen molar-refractivity contribution in [2.75, 3.05) is 5.75 Å². The van der Waals surface area contributed by atoms with Crippen molar-refractivity contribution >= 4 is 45.1 Å². The molecule has 3 nitrogen and oxygen atoms in total. The van der Waals surface area contributed by atoms with Crippen LogP contribution in [0.4, 0.5) is 0 Å². The van der Waals surface area contributed by atoms with Gasteiger partial charge in [0.25, 0.3) is 0 Å². The Morgan fingerprint density at radius 1 is 1.21 bits per heavy atom. The van der Waals surface area contributed by atoms with E-state index in [0.717, 1.165) is 38.5 Å². The smallest absolute Gasteiger partial charge is 0.190 e. The Bertz CT molecular complexity index is 1010. The second-order valence-corrected chi connectivity index (χ2v) is 10.7. The van der Waals surface area contributed by atoms with E-state index in [4.69, 9.17) is 14.7 Å². The molecule has 1 aliphatic rings. The van der Waals surface area contributed by atoms with E-state index in [1.807, 2.05) is 6.07 Å². The Kier molecular flexibility index (Phi) is 5.83. The van der Waals surface area contributed by atoms with Crippen molar-refractivity contribution in [3.8, 4) is 0 Å². The summed E-state index contributed by atoms with van der Waals surface area (Å²) in [7, 11) is 0. The fraction of sp³-hybridized carbons (Fsp3) is 0.364. The number of rotatable bonds is 6. The molecule has 0 saturated carbocycles. The van der Waals surface area contributed by atoms with Gasteiger partial charge in [-0.2, -0.15) is 0 Å². The maximum atomic E-state index is 6.03. The maximum Gasteiger partial charge on any atom is 0.190 e. The van der Waals surface area contributed by atoms with E-state index in [0.29, 0.717) is 6.61 Å². The molecule has 6 heteroatoms. The van der Waals surface area contributed by atoms with E-state index < -0.39 is 0 Å². The van der Waals surface area contributed by atoms with Crippen LogP contribution >= 0.6 is 34.9 Å². The fourth-order valence-electron chi connectivity index (χ4n) is 3.18. The fourth-order valence-corrected chi connectivity index (χ4v) is 6.16. The van der Waals surface area contributed by atoms with Gasteiger partial charge in [-0.15, -0.1) is 23.1 Å². The van der Waals surface area contributed by atoms with Crippen LogP contribution in [0, 0.1) is 0 Å². The molecule has 0 amide bonds. The molecule has 0 fully saturated rings. The molecule has 0 spiro atoms. The van der Waals surface area contributed by atoms with Crippen molar-refractivity contribution in [1.29, 1.82) is 0 Å². The van der Waals surface area contributed by atoms with Crippen LogP contribution in [0.2, 0.25) is 0 Å². The summed E-state index contributed by atoms with van der Waals surface area (Å²) in [4.78, 5) is 12.2. The van der Waals surface area contributed by atoms with Crippen molar-refractivity contribution in [2.45, 2.75) is 55.3 Å². The molecular weight excluding hydrogens is 404 g/mol. The first-order valence-electron chi connectivity index (χ1n) is 9.31. The molecule has 2 aromatic heterocycles. The predicted molar refractivity (Wildman–Crippen MR) is 122 cm³/mol. The molecule has 3 heterocycles. The molecule has 0 saturated heterocycles. The zero-order chi connectivity index (χ0) is 19.7. The van der Waals surface area contributed by atoms with Crippen LogP contribution < -0.4 is 0 Å². The third-order valence-electron chi connectivity index (χ3n) is 4.54. The summed E-state index contributed by atoms with van der Waals surface area (Å²) >= 11 is 5.23. The van der Waals surface area contributed by atoms with Crippen molar-refractivity contribution < 1.29 is 4.74 Å². The van der Waals surface area contributed by atoms with Gasteiger partial charge in [0.2, 0.25) is 0 Å². The van der Waals surface area contributed by atoms with Gasteiger partial charge in [-0.1, -0.05) is 54.2 Å². The highest BCUT2D eigenvalue weighted by molar-refractivity contribution is 7.99. The summed E-state index contributed by atoms with van der Waals surface area (Å²) < 4.78 is 6.03. The summed E-state index contributed by atoms with van der Waals surface area (Å²) in [5, 5.41) is 3.16. The molecule has 0 aliphatic carbocycles. The Morgan fingerprint density at radius 2 is 2.00 bits per heavy atom. The molecule has 0 atom stereocenters. The number of ether oxygens (including phenoxy) is 1. The minimum atomic E-state index is -0.141. The van der Waals surface area contributed by atoms with Gasteiger partial charge in [-0.05, 0) is 31.9 Å². The van der Waals surface area contributed by atoms with Gasteiger partial charge in [0.1, 0.15) is 9.86 Å². The molecule has 0 unspecified atom stereocenters. The van der Waals surface area contributed by atoms with E-state index in [1.165, 1.54) is 21.4 Å². The first kappa shape index (κ1) is 20.0. The van der Waals surface area contributed by atoms with Crippen molar-refractivity contribution in [3.05, 3.63) is 58.5 Å². The molecule has 0 radical (unpaired) electrons. The molecule has 3 aromatic rings. The van der Waals surface area contributed by atoms with Crippen LogP contribution in [0.3, 0.4) is 0 Å². The summed E-state index contributed by atoms with van der Waals surface area (Å²) in [6, 6.07) is 10.5. The SMILES string of the molecule is C=C(C)CSc1nc(SCc2ccccc2)nc2sc3c(c12)CC(C)(C)OC3. The van der Waals surface area contributed by atoms with E-state index in [2.05, 4.69) is 51.6 Å². The van der Waals surface area contributed by atoms with Gasteiger partial charge in [0.15, 0.2) is 5.16 Å². The number of hydrogen-bond acceptors (Lipinski definition) is 6. The highest BCUT2D eigenvalue weighted by Gasteiger charge is 2.31. The van der Waals surface area contributed by atoms with Crippen LogP contribution in [0.15, 0.2) is 52.7 Å². The Labute approximate surface area is 179 Å². The van der Waals surface area contributed by atoms with Crippen LogP contribution in [0.25, 0.3) is 10.2 Å². The molecule has 4 rings (SSSR count). The first-order chi connectivity index (χ1) is 13.4. The molecule has 0 N–H and O–H groups in total. The molecule has 1 aromatic carbocycles. The number of hydrogen-bond donors (Lipinski definition) is 0. The second-order valence-electron chi connectivity index (χ2n) is 7.74. The largest absolute Gasteiger partial charge is 0.370 e. The van der Waals surface area contributed by atoms with Gasteiger partial charge >= 0.3 is 0 Å². The zero-order valence-electron chi connectivity index (χ0n) is 16.4. The van der Waals surface area contributed by atoms with Crippen molar-refractivity contribution in [1.82, 2.24) is 9.97 Å². The highest BCUT2D eigenvalue weighted by Crippen LogP contribution is 2.42. The quantitative estimate of drug-likeness (QED) is 0.194. The lowest BCUT2D eigenvalue weighted by molar-refractivity contribution is -0.0379. The average Bonchev–Trinajstić information content (AvgIpc) is 3.02. The summed E-state index contributed by atoms with van der Waals surface area (Å²) in [6.07, 6.45) is 0.906. The minimum absolute atomic E-state index is 0.141. The highest BCUT2D eigenvalue weighted by atomic mass is 32.2. The van der Waals surface area contributed by atoms with Gasteiger partial charge in [-0.3, -0.25) is 0 Å². The van der Waals surface area contributed by atoms with Crippen molar-refractivity contribution in [2.24, 2.45) is 0 Å². The zero-order valence-corrected chi connectivity index (χ0v) is 18.9. The Hall–Kier alpha value is -1.34. The molecule has 28 heavy (non-hydrogen) atoms. The molecule has 0 bridgehead atoms. The predicted octanol–water partition coefficient (Wildman–Crippen LogP) is 6.50. The molecule has 146 valence electrons. The standard InChI is InChI=1S/C22H24N2OS3/c1-14(2)12-26-19-18-16-10-22(3,4)25-11-17(16)28-20(18)24-21(23-19)27-13-15-8-6-5-7-9-15/h5-9H,1,10-13H2,2-4H3. The van der Waals surface area contributed by atoms with Gasteiger partial charge in [0.05, 0.1) is 12.2 Å². The molecular formula is C22H24N2OS3. The van der Waals surface area contributed by atoms with Crippen molar-refractivity contribution in [3.63, 3.8) is 0 Å². The maximum absolute atomic E-state index is 6.03. The minimum Gasteiger partial charge on any atom is -0.370 e. The lowest BCUT2D eigenvalue weighted by Crippen LogP contribution is -2.31. The van der Waals surface area contributed by atoms with Crippen LogP contribution in [-0.4, -0.2) is 21.3 Å². The first-order valence-corrected chi connectivity index (χ1v) is 12.1. The van der Waals surface area contributed by atoms with Gasteiger partial charge in [0, 0.05) is 28.2 Å². The lowest BCUT2D eigenvalue weighted by Gasteiger charge is -2.30. The third-order valence-corrected chi connectivity index (χ3v) is 7.77. The van der Waals surface area contributed by atoms with Gasteiger partial charge in [-0.25, -0.2) is 9.97 Å². The topological polar surface area (TPSA) is 35.0 Å². The van der Waals surface area contributed by atoms with E-state index in [1.54, 1.807) is 34.9 Å². The third kappa shape index (κ3) is 4.46. The monoisotopic (exact) mass is 428 g/mol. The molecule has 1 aliphatic heterocycles. The van der Waals surface area contributed by atoms with E-state index in [-0.39, 0.29) is 5.60 Å². The number of benzene rings is 1. The lowest BCUT2D eigenvalue weighted by atomic mass is 9.95. The number of fused-ring (bicyclic) bond motifs is 3. The summed E-state index contributed by atoms with van der Waals surface area (Å²) in [5.74, 6) is 1.75. The van der Waals surface area contributed by atoms with Crippen LogP contribution in [0.1, 0.15) is 36.8 Å². The number of nitrogens with zero attached hydrogens (tertiary/aromatic N) is 2. The normalized spacial score (nSPS) is 15.5. The van der Waals surface area contributed by atoms with Crippen LogP contribution in [-0.2, 0) is 23.5 Å². The number of aromatic nitrogens is 2. The Morgan fingerprint density at radius 3 is 2.75 bits per heavy atom. The summed E-state index contributed by atoms with van der Waals surface area (Å²) in [6.45, 7) is 11.1. The van der Waals surface area contributed by atoms with Crippen LogP contribution in [0.5, 0.6) is 0 Å². The average molecular weight is 429 g/mol. The Balaban J connectivity index is 1.71. The number of thiophene rings is 1. The van der Waals surface area contributed by atoms with E-state index >= 15 is 0 Å². The van der Waals surface area contributed by atoms with E-state index in [9.17, 15) is 0 Å².